The van der Waals surface area contributed by atoms with Crippen LogP contribution in [0.5, 0.6) is 0 Å². The first-order valence-electron chi connectivity index (χ1n) is 5.48. The van der Waals surface area contributed by atoms with Crippen LogP contribution in [-0.4, -0.2) is 10.8 Å². The molecule has 0 spiro atoms. The number of nitrogens with zero attached hydrogens (tertiary/aromatic N) is 1. The topological polar surface area (TPSA) is 72.2 Å². The predicted molar refractivity (Wildman–Crippen MR) is 85.2 cm³/mol. The lowest BCUT2D eigenvalue weighted by Gasteiger charge is -2.06. The molecule has 1 amide bonds. The second-order valence-corrected chi connectivity index (χ2v) is 5.54. The molecule has 0 aliphatic rings. The molecule has 0 aliphatic heterocycles. The highest BCUT2D eigenvalue weighted by molar-refractivity contribution is 14.1. The van der Waals surface area contributed by atoms with E-state index in [1.807, 2.05) is 18.2 Å². The van der Waals surface area contributed by atoms with Gasteiger partial charge in [-0.1, -0.05) is 17.7 Å². The van der Waals surface area contributed by atoms with Gasteiger partial charge < -0.3 is 5.32 Å². The number of hydrogen-bond acceptors (Lipinski definition) is 3. The van der Waals surface area contributed by atoms with E-state index in [1.165, 1.54) is 18.2 Å². The van der Waals surface area contributed by atoms with Crippen molar-refractivity contribution in [3.63, 3.8) is 0 Å². The highest BCUT2D eigenvalue weighted by Gasteiger charge is 2.15. The lowest BCUT2D eigenvalue weighted by atomic mass is 10.2. The molecule has 0 atom stereocenters. The summed E-state index contributed by atoms with van der Waals surface area (Å²) in [6.07, 6.45) is 0. The Morgan fingerprint density at radius 3 is 2.60 bits per heavy atom. The molecular weight excluding hydrogens is 395 g/mol. The van der Waals surface area contributed by atoms with Crippen LogP contribution in [0.4, 0.5) is 11.4 Å². The highest BCUT2D eigenvalue weighted by atomic mass is 127. The van der Waals surface area contributed by atoms with Gasteiger partial charge in [0.1, 0.15) is 5.02 Å². The quantitative estimate of drug-likeness (QED) is 0.477. The summed E-state index contributed by atoms with van der Waals surface area (Å²) in [5, 5.41) is 13.3. The van der Waals surface area contributed by atoms with E-state index >= 15 is 0 Å². The van der Waals surface area contributed by atoms with E-state index in [4.69, 9.17) is 11.6 Å². The standard InChI is InChI=1S/C13H8ClIN2O3/c14-11-6-8(4-5-12(11)17(19)20)13(18)16-10-3-1-2-9(15)7-10/h1-7H,(H,16,18). The van der Waals surface area contributed by atoms with Crippen molar-refractivity contribution in [3.8, 4) is 0 Å². The molecule has 20 heavy (non-hydrogen) atoms. The zero-order chi connectivity index (χ0) is 14.7. The average molecular weight is 403 g/mol. The van der Waals surface area contributed by atoms with Gasteiger partial charge in [0.2, 0.25) is 0 Å². The third kappa shape index (κ3) is 3.45. The number of benzene rings is 2. The number of carbonyl (C=O) groups excluding carboxylic acids is 1. The molecule has 5 nitrogen and oxygen atoms in total. The first-order valence-corrected chi connectivity index (χ1v) is 6.94. The minimum atomic E-state index is -0.594. The van der Waals surface area contributed by atoms with Crippen molar-refractivity contribution in [2.75, 3.05) is 5.32 Å². The zero-order valence-corrected chi connectivity index (χ0v) is 12.9. The molecule has 0 unspecified atom stereocenters. The molecule has 0 aliphatic carbocycles. The summed E-state index contributed by atoms with van der Waals surface area (Å²) in [5.41, 5.74) is 0.688. The zero-order valence-electron chi connectivity index (χ0n) is 9.97. The number of rotatable bonds is 3. The van der Waals surface area contributed by atoms with Crippen molar-refractivity contribution in [2.45, 2.75) is 0 Å². The summed E-state index contributed by atoms with van der Waals surface area (Å²) in [6.45, 7) is 0. The van der Waals surface area contributed by atoms with Crippen molar-refractivity contribution in [2.24, 2.45) is 0 Å². The van der Waals surface area contributed by atoms with Crippen molar-refractivity contribution >= 4 is 51.5 Å². The van der Waals surface area contributed by atoms with Crippen LogP contribution in [0.15, 0.2) is 42.5 Å². The largest absolute Gasteiger partial charge is 0.322 e. The Morgan fingerprint density at radius 1 is 1.25 bits per heavy atom. The maximum absolute atomic E-state index is 12.0. The van der Waals surface area contributed by atoms with E-state index in [-0.39, 0.29) is 22.2 Å². The van der Waals surface area contributed by atoms with Gasteiger partial charge >= 0.3 is 0 Å². The van der Waals surface area contributed by atoms with Gasteiger partial charge in [-0.2, -0.15) is 0 Å². The summed E-state index contributed by atoms with van der Waals surface area (Å²) >= 11 is 7.91. The Hall–Kier alpha value is -1.67. The summed E-state index contributed by atoms with van der Waals surface area (Å²) in [7, 11) is 0. The van der Waals surface area contributed by atoms with Gasteiger partial charge in [-0.25, -0.2) is 0 Å². The van der Waals surface area contributed by atoms with E-state index in [2.05, 4.69) is 27.9 Å². The molecule has 2 aromatic rings. The maximum atomic E-state index is 12.0. The fourth-order valence-corrected chi connectivity index (χ4v) is 2.36. The smallest absolute Gasteiger partial charge is 0.287 e. The molecule has 0 radical (unpaired) electrons. The molecule has 0 fully saturated rings. The van der Waals surface area contributed by atoms with Gasteiger partial charge in [-0.05, 0) is 52.9 Å². The molecule has 102 valence electrons. The first-order chi connectivity index (χ1) is 9.47. The molecule has 0 heterocycles. The van der Waals surface area contributed by atoms with Crippen LogP contribution in [0.2, 0.25) is 5.02 Å². The van der Waals surface area contributed by atoms with Crippen molar-refractivity contribution in [1.29, 1.82) is 0 Å². The summed E-state index contributed by atoms with van der Waals surface area (Å²) in [6, 6.07) is 11.2. The van der Waals surface area contributed by atoms with Gasteiger partial charge in [-0.15, -0.1) is 0 Å². The maximum Gasteiger partial charge on any atom is 0.287 e. The van der Waals surface area contributed by atoms with E-state index in [0.29, 0.717) is 5.69 Å². The summed E-state index contributed by atoms with van der Waals surface area (Å²) in [4.78, 5) is 22.1. The number of carbonyl (C=O) groups is 1. The normalized spacial score (nSPS) is 10.1. The van der Waals surface area contributed by atoms with Crippen molar-refractivity contribution in [3.05, 3.63) is 66.7 Å². The highest BCUT2D eigenvalue weighted by Crippen LogP contribution is 2.25. The number of anilines is 1. The van der Waals surface area contributed by atoms with Crippen LogP contribution in [0.25, 0.3) is 0 Å². The minimum absolute atomic E-state index is 0.0645. The molecular formula is C13H8ClIN2O3. The molecule has 7 heteroatoms. The molecule has 0 bridgehead atoms. The fourth-order valence-electron chi connectivity index (χ4n) is 1.57. The van der Waals surface area contributed by atoms with E-state index in [0.717, 1.165) is 3.57 Å². The van der Waals surface area contributed by atoms with Gasteiger partial charge in [-0.3, -0.25) is 14.9 Å². The Bertz CT molecular complexity index is 691. The monoisotopic (exact) mass is 402 g/mol. The van der Waals surface area contributed by atoms with E-state index in [9.17, 15) is 14.9 Å². The lowest BCUT2D eigenvalue weighted by molar-refractivity contribution is -0.384. The number of amides is 1. The molecule has 0 aromatic heterocycles. The van der Waals surface area contributed by atoms with Gasteiger partial charge in [0, 0.05) is 20.9 Å². The third-order valence-corrected chi connectivity index (χ3v) is 3.46. The summed E-state index contributed by atoms with van der Waals surface area (Å²) in [5.74, 6) is -0.371. The van der Waals surface area contributed by atoms with Crippen molar-refractivity contribution < 1.29 is 9.72 Å². The number of halogens is 2. The van der Waals surface area contributed by atoms with E-state index in [1.54, 1.807) is 6.07 Å². The number of nitro groups is 1. The van der Waals surface area contributed by atoms with Gasteiger partial charge in [0.05, 0.1) is 4.92 Å². The minimum Gasteiger partial charge on any atom is -0.322 e. The SMILES string of the molecule is O=C(Nc1cccc(I)c1)c1ccc([N+](=O)[O-])c(Cl)c1. The Morgan fingerprint density at radius 2 is 2.00 bits per heavy atom. The van der Waals surface area contributed by atoms with Crippen LogP contribution in [0.1, 0.15) is 10.4 Å². The first kappa shape index (κ1) is 14.7. The van der Waals surface area contributed by atoms with Crippen LogP contribution in [0.3, 0.4) is 0 Å². The van der Waals surface area contributed by atoms with E-state index < -0.39 is 4.92 Å². The Balaban J connectivity index is 2.22. The molecule has 0 saturated heterocycles. The number of hydrogen-bond donors (Lipinski definition) is 1. The van der Waals surface area contributed by atoms with Crippen LogP contribution >= 0.6 is 34.2 Å². The van der Waals surface area contributed by atoms with Crippen LogP contribution < -0.4 is 5.32 Å². The number of nitro benzene ring substituents is 1. The van der Waals surface area contributed by atoms with Crippen LogP contribution in [0, 0.1) is 13.7 Å². The molecule has 1 N–H and O–H groups in total. The average Bonchev–Trinajstić information content (AvgIpc) is 2.38. The van der Waals surface area contributed by atoms with Gasteiger partial charge in [0.15, 0.2) is 0 Å². The lowest BCUT2D eigenvalue weighted by Crippen LogP contribution is -2.12. The van der Waals surface area contributed by atoms with Crippen LogP contribution in [-0.2, 0) is 0 Å². The Kier molecular flexibility index (Phi) is 4.56. The second kappa shape index (κ2) is 6.19. The third-order valence-electron chi connectivity index (χ3n) is 2.49. The molecule has 2 rings (SSSR count). The summed E-state index contributed by atoms with van der Waals surface area (Å²) < 4.78 is 0.988. The molecule has 2 aromatic carbocycles. The Labute approximate surface area is 133 Å². The predicted octanol–water partition coefficient (Wildman–Crippen LogP) is 4.11. The fraction of sp³-hybridized carbons (Fsp3) is 0. The van der Waals surface area contributed by atoms with Crippen molar-refractivity contribution in [1.82, 2.24) is 0 Å². The van der Waals surface area contributed by atoms with Gasteiger partial charge in [0.25, 0.3) is 11.6 Å². The number of nitrogens with one attached hydrogen (secondary N) is 1. The second-order valence-electron chi connectivity index (χ2n) is 3.89. The molecule has 0 saturated carbocycles.